The van der Waals surface area contributed by atoms with Crippen molar-refractivity contribution < 1.29 is 108 Å². The molecular formula is C101H107BrFN16NaO15Si. The fourth-order valence-corrected chi connectivity index (χ4v) is 13.8. The van der Waals surface area contributed by atoms with E-state index in [0.717, 1.165) is 27.8 Å². The van der Waals surface area contributed by atoms with Crippen molar-refractivity contribution in [1.29, 1.82) is 0 Å². The number of hydrogen-bond acceptors (Lipinski definition) is 23. The first-order valence-corrected chi connectivity index (χ1v) is 46.1. The van der Waals surface area contributed by atoms with Crippen molar-refractivity contribution in [1.82, 2.24) is 60.9 Å². The first-order valence-electron chi connectivity index (χ1n) is 42.8. The quantitative estimate of drug-likeness (QED) is 0.00971. The Bertz CT molecular complexity index is 6290. The van der Waals surface area contributed by atoms with E-state index in [-0.39, 0.29) is 108 Å². The molecule has 3 atom stereocenters. The standard InChI is InChI=1S/C28H22N6O4.C23H19N3O3.C12H25BrO2Si.C12H10N2O.C10H10N4O3.C8H9NO2.C7H8.CH3F.Na.H/c35-25(23-15-8-9-17-29-23)20-12-4-5-13-21(20)30-27(36)26(34-24-16-7-6-14-22(24)32-33-34)31-28(37)38-18-19-10-2-1-3-11-19;27-20-14-17-10-4-5-11-18(17)21(19-12-6-7-13-24-19)25-22(20)26-23(28)29-15-16-8-2-1-3-9-16;1-11(2,3)16(6,7)15-9-12(4,5)10(14)8-13;13-10-6-2-1-5-9(10)12(15)11-7-3-4-8-14-11;1-6(15)11-9(10(16)17)14-8-5-3-2-4-7(8)12-13-14;9-8(10)11-6-7-4-2-1-3-5-7;1-7-5-3-2-4-6-7;1-2;;/h1-17,26H,18H2,(H,30,36)(H,31,37);1-13,22H,14-15H2,(H,26,28);8-9H2,1-7H3;1-8H,13H2;2-5,9H,1H3,(H,11,15)(H,16,17);1-5H,6H2,(H2,9,10);2-6H,1H3;1H3;;/q;;;;;;;;+1;-1/i;;;;;;;1D;;. The predicted molar refractivity (Wildman–Crippen MR) is 520 cm³/mol. The van der Waals surface area contributed by atoms with Gasteiger partial charge in [0.2, 0.25) is 29.8 Å². The van der Waals surface area contributed by atoms with E-state index in [9.17, 15) is 52.3 Å². The van der Waals surface area contributed by atoms with Gasteiger partial charge in [0.15, 0.2) is 26.0 Å². The summed E-state index contributed by atoms with van der Waals surface area (Å²) in [5.41, 5.74) is 21.2. The Morgan fingerprint density at radius 1 is 0.566 bits per heavy atom. The van der Waals surface area contributed by atoms with Gasteiger partial charge in [-0.3, -0.25) is 58.7 Å². The molecule has 1 aliphatic heterocycles. The van der Waals surface area contributed by atoms with Gasteiger partial charge in [-0.15, -0.1) is 10.2 Å². The third-order valence-corrected chi connectivity index (χ3v) is 25.2. The molecule has 0 fully saturated rings. The van der Waals surface area contributed by atoms with E-state index >= 15 is 0 Å². The van der Waals surface area contributed by atoms with Crippen molar-refractivity contribution in [2.24, 2.45) is 16.1 Å². The van der Waals surface area contributed by atoms with Crippen LogP contribution in [0.15, 0.2) is 321 Å². The number of carboxylic acid groups (broad SMARTS) is 1. The number of alkyl carbamates (subject to hydrolysis) is 2. The minimum absolute atomic E-state index is 0. The number of aromatic nitrogens is 9. The Labute approximate surface area is 821 Å². The number of nitrogens with one attached hydrogen (secondary N) is 4. The monoisotopic (exact) mass is 1930 g/mol. The molecule has 1 aliphatic rings. The van der Waals surface area contributed by atoms with Gasteiger partial charge in [-0.25, -0.2) is 33.5 Å². The van der Waals surface area contributed by atoms with Crippen LogP contribution in [0.25, 0.3) is 22.1 Å². The van der Waals surface area contributed by atoms with Gasteiger partial charge in [-0.05, 0) is 132 Å². The van der Waals surface area contributed by atoms with Gasteiger partial charge in [0, 0.05) is 66.3 Å². The van der Waals surface area contributed by atoms with Crippen molar-refractivity contribution in [2.45, 2.75) is 111 Å². The maximum atomic E-state index is 13.6. The molecule has 9 aromatic carbocycles. The number of anilines is 2. The van der Waals surface area contributed by atoms with Gasteiger partial charge in [-0.1, -0.05) is 279 Å². The Morgan fingerprint density at radius 3 is 1.48 bits per heavy atom. The molecule has 0 aliphatic carbocycles. The number of para-hydroxylation sites is 4. The normalized spacial score (nSPS) is 12.1. The number of benzene rings is 9. The van der Waals surface area contributed by atoms with E-state index in [1.165, 1.54) is 28.0 Å². The molecule has 0 spiro atoms. The van der Waals surface area contributed by atoms with Crippen molar-refractivity contribution >= 4 is 123 Å². The van der Waals surface area contributed by atoms with E-state index in [1.807, 2.05) is 166 Å². The van der Waals surface area contributed by atoms with Crippen LogP contribution in [0.2, 0.25) is 18.1 Å². The van der Waals surface area contributed by atoms with Gasteiger partial charge in [0.05, 0.1) is 42.0 Å². The molecule has 15 rings (SSSR count). The number of halogens is 2. The predicted octanol–water partition coefficient (Wildman–Crippen LogP) is 14.4. The maximum absolute atomic E-state index is 13.6. The molecule has 6 heterocycles. The number of carboxylic acids is 1. The van der Waals surface area contributed by atoms with Crippen molar-refractivity contribution in [3.8, 4) is 0 Å². The second-order valence-electron chi connectivity index (χ2n) is 31.6. The summed E-state index contributed by atoms with van der Waals surface area (Å²) in [6.07, 6.45) is -0.935. The van der Waals surface area contributed by atoms with Crippen LogP contribution in [0, 0.1) is 12.3 Å². The molecule has 0 radical (unpaired) electrons. The Hall–Kier alpha value is -14.8. The van der Waals surface area contributed by atoms with E-state index in [0.29, 0.717) is 62.4 Å². The van der Waals surface area contributed by atoms with Crippen LogP contribution in [-0.4, -0.2) is 149 Å². The van der Waals surface area contributed by atoms with Crippen LogP contribution >= 0.6 is 15.9 Å². The number of aliphatic carboxylic acids is 1. The number of aryl methyl sites for hydroxylation is 1. The van der Waals surface area contributed by atoms with E-state index in [4.69, 9.17) is 31.8 Å². The number of nitrogens with zero attached hydrogens (tertiary/aromatic N) is 10. The Kier molecular flexibility index (Phi) is 43.1. The molecule has 0 bridgehead atoms. The average Bonchev–Trinajstić information content (AvgIpc) is 1.64. The summed E-state index contributed by atoms with van der Waals surface area (Å²) in [5.74, 6) is -2.81. The zero-order valence-electron chi connectivity index (χ0n) is 78.7. The van der Waals surface area contributed by atoms with Crippen LogP contribution in [0.4, 0.5) is 30.1 Å². The number of alkyl halides is 2. The summed E-state index contributed by atoms with van der Waals surface area (Å²) in [7, 11) is -2.74. The van der Waals surface area contributed by atoms with Crippen molar-refractivity contribution in [2.75, 3.05) is 30.1 Å². The summed E-state index contributed by atoms with van der Waals surface area (Å²) in [6, 6.07) is 88.9. The largest absolute Gasteiger partial charge is 1.00 e. The van der Waals surface area contributed by atoms with Gasteiger partial charge >= 0.3 is 53.8 Å². The van der Waals surface area contributed by atoms with Crippen LogP contribution in [0.5, 0.6) is 0 Å². The van der Waals surface area contributed by atoms with E-state index in [2.05, 4.69) is 135 Å². The molecule has 35 heteroatoms. The number of carbonyl (C=O) groups is 10. The SMILES string of the molecule is CC(=O)NC(C(=O)O)n1nnc2ccccc21.CC(C)(CO[Si](C)(C)C(C)(C)C)C(=O)CBr.Cc1ccccc1.NC(=O)OCc1ccccc1.Nc1ccccc1C(=O)c1ccccn1.O=C(NC(C(=O)Nc1ccccc1C(=O)c1ccccn1)n1nnc2ccccc21)OCc1ccccc1.O=C(NC1N=C(c2ccccn2)c2ccccc2CC1=O)OCc1ccccc1.[2H]CF.[H-].[Na+]. The summed E-state index contributed by atoms with van der Waals surface area (Å²) in [4.78, 5) is 137. The second kappa shape index (κ2) is 55.0. The number of carbonyl (C=O) groups excluding carboxylic acids is 9. The number of nitrogens with two attached hydrogens (primary N) is 2. The molecule has 136 heavy (non-hydrogen) atoms. The molecule has 9 N–H and O–H groups in total. The summed E-state index contributed by atoms with van der Waals surface area (Å²) in [6.45, 7) is 19.2. The van der Waals surface area contributed by atoms with Gasteiger partial charge in [-0.2, -0.15) is 0 Å². The number of aliphatic imine (C=N–C) groups is 1. The molecule has 31 nitrogen and oxygen atoms in total. The Balaban J connectivity index is 0.000000259. The maximum Gasteiger partial charge on any atom is 1.00 e. The summed E-state index contributed by atoms with van der Waals surface area (Å²) < 4.78 is 39.2. The number of Topliss-reactive ketones (excluding diaryl/α,β-unsaturated/α-hetero) is 2. The van der Waals surface area contributed by atoms with Crippen LogP contribution < -0.4 is 62.3 Å². The molecule has 0 saturated carbocycles. The van der Waals surface area contributed by atoms with Crippen molar-refractivity contribution in [3.63, 3.8) is 0 Å². The third kappa shape index (κ3) is 34.0. The topological polar surface area (TPSA) is 440 Å². The summed E-state index contributed by atoms with van der Waals surface area (Å²) in [5, 5.41) is 35.6. The fourth-order valence-electron chi connectivity index (χ4n) is 11.9. The fraction of sp³-hybridized carbons (Fsp3) is 0.208. The second-order valence-corrected chi connectivity index (χ2v) is 37.0. The average molecular weight is 1940 g/mol. The number of ketones is 4. The minimum atomic E-state index is -1.74. The first-order chi connectivity index (χ1) is 65.2. The van der Waals surface area contributed by atoms with Crippen LogP contribution in [0.1, 0.15) is 128 Å². The molecule has 5 aromatic heterocycles. The van der Waals surface area contributed by atoms with E-state index in [1.54, 1.807) is 146 Å². The summed E-state index contributed by atoms with van der Waals surface area (Å²) >= 11 is 3.22. The van der Waals surface area contributed by atoms with Gasteiger partial charge < -0.3 is 47.3 Å². The zero-order valence-corrected chi connectivity index (χ0v) is 81.3. The van der Waals surface area contributed by atoms with Crippen molar-refractivity contribution in [3.05, 3.63) is 377 Å². The molecule has 0 saturated heterocycles. The van der Waals surface area contributed by atoms with Gasteiger partial charge in [0.1, 0.15) is 42.2 Å². The number of nitrogen functional groups attached to an aromatic ring is 1. The number of pyridine rings is 3. The molecule has 700 valence electrons. The molecule has 14 aromatic rings. The molecular weight excluding hydrogens is 1830 g/mol. The number of amides is 5. The number of fused-ring (bicyclic) bond motifs is 3. The molecule has 5 amide bonds. The van der Waals surface area contributed by atoms with Crippen LogP contribution in [0.3, 0.4) is 0 Å². The number of rotatable bonds is 24. The molecule has 3 unspecified atom stereocenters. The Morgan fingerprint density at radius 2 is 1.01 bits per heavy atom. The van der Waals surface area contributed by atoms with E-state index < -0.39 is 70.0 Å². The van der Waals surface area contributed by atoms with Gasteiger partial charge in [0.25, 0.3) is 5.91 Å². The zero-order chi connectivity index (χ0) is 98.6. The number of ether oxygens (including phenoxy) is 3. The number of primary amides is 1. The minimum Gasteiger partial charge on any atom is -1.00 e. The first kappa shape index (κ1) is 107. The smallest absolute Gasteiger partial charge is 1.00 e. The number of hydrogen-bond donors (Lipinski definition) is 7. The van der Waals surface area contributed by atoms with Crippen LogP contribution in [-0.2, 0) is 68.9 Å². The third-order valence-electron chi connectivity index (χ3n) is 20.2.